The van der Waals surface area contributed by atoms with E-state index in [1.54, 1.807) is 6.07 Å². The minimum Gasteiger partial charge on any atom is -0.489 e. The quantitative estimate of drug-likeness (QED) is 0.712. The van der Waals surface area contributed by atoms with Crippen molar-refractivity contribution in [2.75, 3.05) is 6.54 Å². The first-order valence-electron chi connectivity index (χ1n) is 6.66. The van der Waals surface area contributed by atoms with Gasteiger partial charge in [0.1, 0.15) is 18.2 Å². The summed E-state index contributed by atoms with van der Waals surface area (Å²) < 4.78 is 20.7. The molecule has 1 N–H and O–H groups in total. The Hall–Kier alpha value is -0.910. The van der Waals surface area contributed by atoms with Crippen molar-refractivity contribution in [3.8, 4) is 5.75 Å². The summed E-state index contributed by atoms with van der Waals surface area (Å²) in [6, 6.07) is 10.8. The van der Waals surface area contributed by atoms with Gasteiger partial charge in [0.2, 0.25) is 0 Å². The lowest BCUT2D eigenvalue weighted by Gasteiger charge is -2.11. The van der Waals surface area contributed by atoms with E-state index >= 15 is 0 Å². The molecule has 0 unspecified atom stereocenters. The summed E-state index contributed by atoms with van der Waals surface area (Å²) in [5, 5.41) is 3.28. The Morgan fingerprint density at radius 1 is 1.14 bits per heavy atom. The third kappa shape index (κ3) is 4.53. The van der Waals surface area contributed by atoms with E-state index in [1.165, 1.54) is 6.07 Å². The normalized spacial score (nSPS) is 10.7. The lowest BCUT2D eigenvalue weighted by atomic mass is 10.2. The number of benzene rings is 2. The predicted octanol–water partition coefficient (Wildman–Crippen LogP) is 5.04. The lowest BCUT2D eigenvalue weighted by molar-refractivity contribution is 0.304. The second-order valence-electron chi connectivity index (χ2n) is 4.54. The minimum absolute atomic E-state index is 0.278. The van der Waals surface area contributed by atoms with Crippen molar-refractivity contribution in [3.63, 3.8) is 0 Å². The fraction of sp³-hybridized carbons (Fsp3) is 0.250. The molecule has 0 fully saturated rings. The fourth-order valence-electron chi connectivity index (χ4n) is 1.86. The molecule has 2 aromatic carbocycles. The monoisotopic (exact) mass is 415 g/mol. The fourth-order valence-corrected chi connectivity index (χ4v) is 2.62. The standard InChI is InChI=1S/C16H16Br2FNO/c1-2-20-9-12-8-13(6-7-14(12)17)21-10-11-4-3-5-15(19)16(11)18/h3-8,20H,2,9-10H2,1H3. The summed E-state index contributed by atoms with van der Waals surface area (Å²) in [7, 11) is 0. The van der Waals surface area contributed by atoms with Gasteiger partial charge in [-0.05, 0) is 52.3 Å². The molecule has 0 aliphatic heterocycles. The van der Waals surface area contributed by atoms with Crippen LogP contribution in [-0.4, -0.2) is 6.54 Å². The van der Waals surface area contributed by atoms with Crippen LogP contribution >= 0.6 is 31.9 Å². The second kappa shape index (κ2) is 7.92. The van der Waals surface area contributed by atoms with Gasteiger partial charge in [0.25, 0.3) is 0 Å². The molecule has 0 heterocycles. The van der Waals surface area contributed by atoms with Gasteiger partial charge in [-0.15, -0.1) is 0 Å². The van der Waals surface area contributed by atoms with Crippen LogP contribution in [0, 0.1) is 5.82 Å². The third-order valence-corrected chi connectivity index (χ3v) is 4.67. The van der Waals surface area contributed by atoms with Crippen molar-refractivity contribution in [1.29, 1.82) is 0 Å². The van der Waals surface area contributed by atoms with E-state index in [4.69, 9.17) is 4.74 Å². The molecule has 0 spiro atoms. The van der Waals surface area contributed by atoms with Gasteiger partial charge in [-0.2, -0.15) is 0 Å². The summed E-state index contributed by atoms with van der Waals surface area (Å²) in [6.07, 6.45) is 0. The van der Waals surface area contributed by atoms with E-state index in [0.29, 0.717) is 11.1 Å². The van der Waals surface area contributed by atoms with Crippen LogP contribution in [-0.2, 0) is 13.2 Å². The molecule has 0 aliphatic rings. The highest BCUT2D eigenvalue weighted by atomic mass is 79.9. The van der Waals surface area contributed by atoms with Gasteiger partial charge in [0, 0.05) is 16.6 Å². The van der Waals surface area contributed by atoms with Gasteiger partial charge in [-0.1, -0.05) is 35.0 Å². The topological polar surface area (TPSA) is 21.3 Å². The van der Waals surface area contributed by atoms with Gasteiger partial charge >= 0.3 is 0 Å². The first-order valence-corrected chi connectivity index (χ1v) is 8.25. The molecule has 2 aromatic rings. The summed E-state index contributed by atoms with van der Waals surface area (Å²) in [4.78, 5) is 0. The maximum Gasteiger partial charge on any atom is 0.137 e. The zero-order valence-electron chi connectivity index (χ0n) is 11.6. The molecule has 0 aromatic heterocycles. The van der Waals surface area contributed by atoms with Crippen molar-refractivity contribution in [2.45, 2.75) is 20.1 Å². The van der Waals surface area contributed by atoms with Crippen LogP contribution in [0.25, 0.3) is 0 Å². The molecule has 0 bridgehead atoms. The number of hydrogen-bond donors (Lipinski definition) is 1. The number of rotatable bonds is 6. The van der Waals surface area contributed by atoms with Gasteiger partial charge in [-0.3, -0.25) is 0 Å². The van der Waals surface area contributed by atoms with Crippen molar-refractivity contribution < 1.29 is 9.13 Å². The van der Waals surface area contributed by atoms with Gasteiger partial charge < -0.3 is 10.1 Å². The molecular formula is C16H16Br2FNO. The molecule has 0 amide bonds. The molecule has 0 saturated heterocycles. The number of nitrogens with one attached hydrogen (secondary N) is 1. The highest BCUT2D eigenvalue weighted by Gasteiger charge is 2.07. The Morgan fingerprint density at radius 2 is 1.95 bits per heavy atom. The number of halogens is 3. The SMILES string of the molecule is CCNCc1cc(OCc2cccc(F)c2Br)ccc1Br. The summed E-state index contributed by atoms with van der Waals surface area (Å²) in [5.74, 6) is 0.488. The molecule has 0 saturated carbocycles. The molecule has 0 aliphatic carbocycles. The van der Waals surface area contributed by atoms with Gasteiger partial charge in [-0.25, -0.2) is 4.39 Å². The van der Waals surface area contributed by atoms with Crippen LogP contribution < -0.4 is 10.1 Å². The summed E-state index contributed by atoms with van der Waals surface area (Å²) in [5.41, 5.74) is 1.92. The zero-order chi connectivity index (χ0) is 15.2. The average molecular weight is 417 g/mol. The summed E-state index contributed by atoms with van der Waals surface area (Å²) in [6.45, 7) is 4.07. The molecule has 2 rings (SSSR count). The van der Waals surface area contributed by atoms with Crippen LogP contribution in [0.2, 0.25) is 0 Å². The highest BCUT2D eigenvalue weighted by Crippen LogP contribution is 2.25. The highest BCUT2D eigenvalue weighted by molar-refractivity contribution is 9.10. The van der Waals surface area contributed by atoms with E-state index in [9.17, 15) is 4.39 Å². The first kappa shape index (κ1) is 16.5. The molecule has 21 heavy (non-hydrogen) atoms. The summed E-state index contributed by atoms with van der Waals surface area (Å²) >= 11 is 6.77. The zero-order valence-corrected chi connectivity index (χ0v) is 14.8. The molecular weight excluding hydrogens is 401 g/mol. The maximum absolute atomic E-state index is 13.4. The van der Waals surface area contributed by atoms with Crippen LogP contribution in [0.4, 0.5) is 4.39 Å². The molecule has 0 atom stereocenters. The Balaban J connectivity index is 2.07. The van der Waals surface area contributed by atoms with Crippen LogP contribution in [0.5, 0.6) is 5.75 Å². The van der Waals surface area contributed by atoms with E-state index in [-0.39, 0.29) is 5.82 Å². The van der Waals surface area contributed by atoms with E-state index in [1.807, 2.05) is 24.3 Å². The van der Waals surface area contributed by atoms with Crippen LogP contribution in [0.15, 0.2) is 45.3 Å². The Bertz CT molecular complexity index is 619. The lowest BCUT2D eigenvalue weighted by Crippen LogP contribution is -2.12. The average Bonchev–Trinajstić information content (AvgIpc) is 2.49. The molecule has 2 nitrogen and oxygen atoms in total. The van der Waals surface area contributed by atoms with E-state index in [2.05, 4.69) is 44.1 Å². The molecule has 5 heteroatoms. The van der Waals surface area contributed by atoms with Crippen molar-refractivity contribution >= 4 is 31.9 Å². The first-order chi connectivity index (χ1) is 10.1. The minimum atomic E-state index is -0.278. The second-order valence-corrected chi connectivity index (χ2v) is 6.18. The molecule has 112 valence electrons. The number of ether oxygens (including phenoxy) is 1. The van der Waals surface area contributed by atoms with Crippen LogP contribution in [0.3, 0.4) is 0 Å². The predicted molar refractivity (Wildman–Crippen MR) is 90.0 cm³/mol. The van der Waals surface area contributed by atoms with Crippen molar-refractivity contribution in [3.05, 3.63) is 62.3 Å². The van der Waals surface area contributed by atoms with Crippen molar-refractivity contribution in [2.24, 2.45) is 0 Å². The van der Waals surface area contributed by atoms with Crippen molar-refractivity contribution in [1.82, 2.24) is 5.32 Å². The molecule has 0 radical (unpaired) electrons. The van der Waals surface area contributed by atoms with E-state index in [0.717, 1.165) is 34.4 Å². The number of hydrogen-bond acceptors (Lipinski definition) is 2. The van der Waals surface area contributed by atoms with Gasteiger partial charge in [0.05, 0.1) is 4.47 Å². The maximum atomic E-state index is 13.4. The Kier molecular flexibility index (Phi) is 6.21. The van der Waals surface area contributed by atoms with Crippen LogP contribution in [0.1, 0.15) is 18.1 Å². The van der Waals surface area contributed by atoms with Gasteiger partial charge in [0.15, 0.2) is 0 Å². The third-order valence-electron chi connectivity index (χ3n) is 3.01. The largest absolute Gasteiger partial charge is 0.489 e. The smallest absolute Gasteiger partial charge is 0.137 e. The van der Waals surface area contributed by atoms with E-state index < -0.39 is 0 Å². The Labute approximate surface area is 141 Å². The Morgan fingerprint density at radius 3 is 2.71 bits per heavy atom.